The standard InChI is InChI=1S/C33H62N4O6/c1-4-7-8-9-10-11-12-13-14-21-29(38)36-30(39)23-22-28(33(42)43)37(24-17-15-19-26(5-2)31(34)40)25-18-16-20-27(6-3)32(35)41/h26-28H,4-25H2,1-3H3,(H2,34,40)(H2,35,41)(H,42,43)(H,36,38,39)/t26?,27?,28-/m0/s1. The van der Waals surface area contributed by atoms with Crippen molar-refractivity contribution in [1.29, 1.82) is 0 Å². The fourth-order valence-corrected chi connectivity index (χ4v) is 5.54. The molecule has 0 spiro atoms. The van der Waals surface area contributed by atoms with Crippen molar-refractivity contribution in [2.75, 3.05) is 13.1 Å². The molecule has 0 bridgehead atoms. The van der Waals surface area contributed by atoms with E-state index in [1.165, 1.54) is 38.5 Å². The van der Waals surface area contributed by atoms with Gasteiger partial charge in [0.15, 0.2) is 0 Å². The van der Waals surface area contributed by atoms with Gasteiger partial charge in [0.2, 0.25) is 23.6 Å². The Labute approximate surface area is 260 Å². The number of carbonyl (C=O) groups excluding carboxylic acids is 4. The Bertz CT molecular complexity index is 776. The van der Waals surface area contributed by atoms with Gasteiger partial charge in [-0.3, -0.25) is 34.2 Å². The molecule has 250 valence electrons. The van der Waals surface area contributed by atoms with Gasteiger partial charge in [0, 0.05) is 24.7 Å². The van der Waals surface area contributed by atoms with Gasteiger partial charge in [-0.2, -0.15) is 0 Å². The van der Waals surface area contributed by atoms with Crippen LogP contribution in [0.15, 0.2) is 0 Å². The zero-order valence-corrected chi connectivity index (χ0v) is 27.4. The van der Waals surface area contributed by atoms with E-state index in [4.69, 9.17) is 11.5 Å². The predicted octanol–water partition coefficient (Wildman–Crippen LogP) is 5.45. The SMILES string of the molecule is CCCCCCCCCCCC(=O)NC(=O)CC[C@@H](C(=O)O)N(CCCCC(CC)C(N)=O)CCCCC(CC)C(N)=O. The van der Waals surface area contributed by atoms with Crippen molar-refractivity contribution in [2.45, 2.75) is 155 Å². The number of carbonyl (C=O) groups is 5. The van der Waals surface area contributed by atoms with Crippen LogP contribution in [0.3, 0.4) is 0 Å². The Kier molecular flexibility index (Phi) is 24.5. The molecule has 0 aliphatic heterocycles. The van der Waals surface area contributed by atoms with E-state index in [2.05, 4.69) is 12.2 Å². The van der Waals surface area contributed by atoms with Gasteiger partial charge >= 0.3 is 5.97 Å². The number of primary amides is 2. The molecular weight excluding hydrogens is 548 g/mol. The van der Waals surface area contributed by atoms with E-state index in [1.54, 1.807) is 0 Å². The molecule has 2 unspecified atom stereocenters. The van der Waals surface area contributed by atoms with Gasteiger partial charge in [-0.05, 0) is 64.5 Å². The van der Waals surface area contributed by atoms with Gasteiger partial charge in [0.1, 0.15) is 6.04 Å². The number of nitrogens with one attached hydrogen (secondary N) is 1. The highest BCUT2D eigenvalue weighted by atomic mass is 16.4. The maximum absolute atomic E-state index is 12.5. The molecule has 0 radical (unpaired) electrons. The van der Waals surface area contributed by atoms with Crippen LogP contribution < -0.4 is 16.8 Å². The van der Waals surface area contributed by atoms with Gasteiger partial charge in [-0.25, -0.2) is 0 Å². The van der Waals surface area contributed by atoms with E-state index in [-0.39, 0.29) is 42.4 Å². The van der Waals surface area contributed by atoms with Gasteiger partial charge in [0.25, 0.3) is 0 Å². The first kappa shape index (κ1) is 40.5. The molecule has 43 heavy (non-hydrogen) atoms. The molecule has 0 aromatic carbocycles. The van der Waals surface area contributed by atoms with Crippen molar-refractivity contribution in [3.05, 3.63) is 0 Å². The number of unbranched alkanes of at least 4 members (excludes halogenated alkanes) is 10. The summed E-state index contributed by atoms with van der Waals surface area (Å²) >= 11 is 0. The van der Waals surface area contributed by atoms with E-state index in [1.807, 2.05) is 18.7 Å². The van der Waals surface area contributed by atoms with Crippen LogP contribution in [-0.4, -0.2) is 58.7 Å². The van der Waals surface area contributed by atoms with Crippen LogP contribution >= 0.6 is 0 Å². The molecule has 0 aromatic rings. The minimum Gasteiger partial charge on any atom is -0.480 e. The van der Waals surface area contributed by atoms with Gasteiger partial charge < -0.3 is 16.6 Å². The third-order valence-corrected chi connectivity index (χ3v) is 8.44. The molecule has 0 saturated carbocycles. The maximum atomic E-state index is 12.5. The van der Waals surface area contributed by atoms with Crippen LogP contribution in [0.4, 0.5) is 0 Å². The zero-order chi connectivity index (χ0) is 32.5. The van der Waals surface area contributed by atoms with E-state index < -0.39 is 17.9 Å². The second kappa shape index (κ2) is 26.0. The van der Waals surface area contributed by atoms with Crippen molar-refractivity contribution < 1.29 is 29.1 Å². The van der Waals surface area contributed by atoms with Crippen molar-refractivity contribution in [2.24, 2.45) is 23.3 Å². The summed E-state index contributed by atoms with van der Waals surface area (Å²) in [6.07, 6.45) is 16.1. The number of hydrogen-bond donors (Lipinski definition) is 4. The molecule has 0 aliphatic rings. The monoisotopic (exact) mass is 610 g/mol. The fourth-order valence-electron chi connectivity index (χ4n) is 5.54. The number of hydrogen-bond acceptors (Lipinski definition) is 6. The van der Waals surface area contributed by atoms with E-state index in [9.17, 15) is 29.1 Å². The first-order chi connectivity index (χ1) is 20.6. The van der Waals surface area contributed by atoms with Crippen LogP contribution in [0.5, 0.6) is 0 Å². The third kappa shape index (κ3) is 21.0. The molecule has 0 fully saturated rings. The second-order valence-electron chi connectivity index (χ2n) is 12.0. The Morgan fingerprint density at radius 3 is 1.47 bits per heavy atom. The molecule has 10 nitrogen and oxygen atoms in total. The number of nitrogens with two attached hydrogens (primary N) is 2. The van der Waals surface area contributed by atoms with Crippen LogP contribution in [0.2, 0.25) is 0 Å². The second-order valence-corrected chi connectivity index (χ2v) is 12.0. The number of carboxylic acids is 1. The van der Waals surface area contributed by atoms with Crippen LogP contribution in [0, 0.1) is 11.8 Å². The number of imide groups is 1. The molecule has 0 heterocycles. The molecule has 0 rings (SSSR count). The van der Waals surface area contributed by atoms with Crippen molar-refractivity contribution in [3.63, 3.8) is 0 Å². The predicted molar refractivity (Wildman–Crippen MR) is 171 cm³/mol. The van der Waals surface area contributed by atoms with E-state index in [0.717, 1.165) is 32.1 Å². The molecule has 0 aromatic heterocycles. The lowest BCUT2D eigenvalue weighted by Gasteiger charge is -2.29. The number of amides is 4. The summed E-state index contributed by atoms with van der Waals surface area (Å²) in [5, 5.41) is 12.5. The first-order valence-corrected chi connectivity index (χ1v) is 16.9. The molecule has 3 atom stereocenters. The highest BCUT2D eigenvalue weighted by Gasteiger charge is 2.26. The highest BCUT2D eigenvalue weighted by Crippen LogP contribution is 2.18. The molecular formula is C33H62N4O6. The topological polar surface area (TPSA) is 173 Å². The van der Waals surface area contributed by atoms with E-state index in [0.29, 0.717) is 58.0 Å². The number of rotatable bonds is 29. The summed E-state index contributed by atoms with van der Waals surface area (Å²) < 4.78 is 0. The first-order valence-electron chi connectivity index (χ1n) is 16.9. The highest BCUT2D eigenvalue weighted by molar-refractivity contribution is 5.95. The van der Waals surface area contributed by atoms with Crippen LogP contribution in [-0.2, 0) is 24.0 Å². The Hall–Kier alpha value is -2.49. The normalized spacial score (nSPS) is 13.4. The summed E-state index contributed by atoms with van der Waals surface area (Å²) in [4.78, 5) is 62.0. The fraction of sp³-hybridized carbons (Fsp3) is 0.848. The molecule has 0 aliphatic carbocycles. The summed E-state index contributed by atoms with van der Waals surface area (Å²) in [6, 6.07) is -0.880. The van der Waals surface area contributed by atoms with Gasteiger partial charge in [-0.1, -0.05) is 85.0 Å². The van der Waals surface area contributed by atoms with E-state index >= 15 is 0 Å². The van der Waals surface area contributed by atoms with Crippen LogP contribution in [0.1, 0.15) is 149 Å². The largest absolute Gasteiger partial charge is 0.480 e. The molecule has 0 saturated heterocycles. The number of nitrogens with zero attached hydrogens (tertiary/aromatic N) is 1. The van der Waals surface area contributed by atoms with Gasteiger partial charge in [0.05, 0.1) is 0 Å². The van der Waals surface area contributed by atoms with Crippen LogP contribution in [0.25, 0.3) is 0 Å². The van der Waals surface area contributed by atoms with Crippen molar-refractivity contribution >= 4 is 29.6 Å². The maximum Gasteiger partial charge on any atom is 0.320 e. The Morgan fingerprint density at radius 1 is 0.605 bits per heavy atom. The lowest BCUT2D eigenvalue weighted by molar-refractivity contribution is -0.143. The summed E-state index contributed by atoms with van der Waals surface area (Å²) in [6.45, 7) is 7.04. The quantitative estimate of drug-likeness (QED) is 0.0815. The minimum atomic E-state index is -1.01. The molecule has 6 N–H and O–H groups in total. The van der Waals surface area contributed by atoms with Gasteiger partial charge in [-0.15, -0.1) is 0 Å². The lowest BCUT2D eigenvalue weighted by Crippen LogP contribution is -2.43. The third-order valence-electron chi connectivity index (χ3n) is 8.44. The zero-order valence-electron chi connectivity index (χ0n) is 27.4. The number of aliphatic carboxylic acids is 1. The molecule has 10 heteroatoms. The average molecular weight is 611 g/mol. The Morgan fingerprint density at radius 2 is 1.05 bits per heavy atom. The smallest absolute Gasteiger partial charge is 0.320 e. The molecule has 4 amide bonds. The number of carboxylic acid groups (broad SMARTS) is 1. The lowest BCUT2D eigenvalue weighted by atomic mass is 9.97. The summed E-state index contributed by atoms with van der Waals surface area (Å²) in [5.74, 6) is -2.80. The Balaban J connectivity index is 4.82. The summed E-state index contributed by atoms with van der Waals surface area (Å²) in [7, 11) is 0. The average Bonchev–Trinajstić information content (AvgIpc) is 2.95. The summed E-state index contributed by atoms with van der Waals surface area (Å²) in [5.41, 5.74) is 10.9. The minimum absolute atomic E-state index is 0.0594. The van der Waals surface area contributed by atoms with Crippen molar-refractivity contribution in [3.8, 4) is 0 Å². The van der Waals surface area contributed by atoms with Crippen molar-refractivity contribution in [1.82, 2.24) is 10.2 Å².